The van der Waals surface area contributed by atoms with Gasteiger partial charge in [0.1, 0.15) is 17.5 Å². The first-order valence-electron chi connectivity index (χ1n) is 13.2. The lowest BCUT2D eigenvalue weighted by atomic mass is 9.80. The molecule has 0 radical (unpaired) electrons. The van der Waals surface area contributed by atoms with Gasteiger partial charge >= 0.3 is 0 Å². The Bertz CT molecular complexity index is 1420. The number of pyridine rings is 1. The van der Waals surface area contributed by atoms with Gasteiger partial charge in [0.05, 0.1) is 28.6 Å². The predicted octanol–water partition coefficient (Wildman–Crippen LogP) is 5.41. The molecule has 192 valence electrons. The SMILES string of the molecule is N[C@H]1CCC[C@@H](c2ccncc2Cc2ncc3ccc(-c4c(F)cc(C5(O)CCCC5)cc4F)nn23)C1. The van der Waals surface area contributed by atoms with Crippen molar-refractivity contribution in [2.75, 3.05) is 0 Å². The summed E-state index contributed by atoms with van der Waals surface area (Å²) in [6.07, 6.45) is 12.8. The van der Waals surface area contributed by atoms with E-state index in [2.05, 4.69) is 21.1 Å². The highest BCUT2D eigenvalue weighted by molar-refractivity contribution is 5.63. The summed E-state index contributed by atoms with van der Waals surface area (Å²) in [5.41, 5.74) is 8.38. The maximum atomic E-state index is 15.2. The number of fused-ring (bicyclic) bond motifs is 1. The molecular weight excluding hydrogens is 472 g/mol. The minimum Gasteiger partial charge on any atom is -0.385 e. The van der Waals surface area contributed by atoms with Gasteiger partial charge in [0, 0.05) is 24.9 Å². The summed E-state index contributed by atoms with van der Waals surface area (Å²) in [4.78, 5) is 8.92. The second-order valence-electron chi connectivity index (χ2n) is 10.7. The molecule has 2 aliphatic rings. The molecule has 2 aliphatic carbocycles. The van der Waals surface area contributed by atoms with Gasteiger partial charge in [0.25, 0.3) is 0 Å². The van der Waals surface area contributed by atoms with E-state index < -0.39 is 17.2 Å². The van der Waals surface area contributed by atoms with Crippen molar-refractivity contribution in [3.63, 3.8) is 0 Å². The topological polar surface area (TPSA) is 89.3 Å². The normalized spacial score (nSPS) is 21.5. The zero-order valence-electron chi connectivity index (χ0n) is 20.7. The van der Waals surface area contributed by atoms with Gasteiger partial charge < -0.3 is 10.8 Å². The minimum absolute atomic E-state index is 0.177. The molecule has 6 nitrogen and oxygen atoms in total. The summed E-state index contributed by atoms with van der Waals surface area (Å²) in [5, 5.41) is 15.4. The van der Waals surface area contributed by atoms with Gasteiger partial charge in [-0.15, -0.1) is 0 Å². The fourth-order valence-corrected chi connectivity index (χ4v) is 6.19. The first-order chi connectivity index (χ1) is 17.9. The molecule has 4 aromatic rings. The number of aliphatic hydroxyl groups is 1. The number of halogens is 2. The summed E-state index contributed by atoms with van der Waals surface area (Å²) >= 11 is 0. The van der Waals surface area contributed by atoms with Crippen LogP contribution in [0.4, 0.5) is 8.78 Å². The third kappa shape index (κ3) is 4.53. The zero-order chi connectivity index (χ0) is 25.6. The number of rotatable bonds is 5. The van der Waals surface area contributed by atoms with Gasteiger partial charge in [-0.2, -0.15) is 5.10 Å². The Morgan fingerprint density at radius 2 is 1.81 bits per heavy atom. The van der Waals surface area contributed by atoms with Gasteiger partial charge in [0.2, 0.25) is 0 Å². The van der Waals surface area contributed by atoms with Gasteiger partial charge in [-0.25, -0.2) is 18.3 Å². The largest absolute Gasteiger partial charge is 0.385 e. The Morgan fingerprint density at radius 1 is 1.03 bits per heavy atom. The molecular formula is C29H31F2N5O. The van der Waals surface area contributed by atoms with Crippen molar-refractivity contribution in [2.24, 2.45) is 5.73 Å². The molecule has 37 heavy (non-hydrogen) atoms. The standard InChI is InChI=1S/C29H31F2N5O/c30-24-14-20(29(37)9-1-2-10-29)15-25(31)28(24)26-7-6-22-17-34-27(36(22)35-26)13-19-16-33-11-8-23(19)18-4-3-5-21(32)12-18/h6-8,11,14-18,21,37H,1-5,9-10,12-13,32H2/t18-,21+/m1/s1. The molecule has 0 amide bonds. The van der Waals surface area contributed by atoms with Gasteiger partial charge in [-0.05, 0) is 85.0 Å². The van der Waals surface area contributed by atoms with Gasteiger partial charge in [-0.3, -0.25) is 4.98 Å². The fraction of sp³-hybridized carbons (Fsp3) is 0.414. The number of hydrogen-bond acceptors (Lipinski definition) is 5. The number of nitrogens with zero attached hydrogens (tertiary/aromatic N) is 4. The molecule has 8 heteroatoms. The Balaban J connectivity index is 1.35. The van der Waals surface area contributed by atoms with Gasteiger partial charge in [-0.1, -0.05) is 19.3 Å². The lowest BCUT2D eigenvalue weighted by molar-refractivity contribution is 0.0438. The lowest BCUT2D eigenvalue weighted by Crippen LogP contribution is -2.27. The Labute approximate surface area is 214 Å². The van der Waals surface area contributed by atoms with Crippen molar-refractivity contribution in [2.45, 2.75) is 75.3 Å². The molecule has 2 saturated carbocycles. The molecule has 6 rings (SSSR count). The fourth-order valence-electron chi connectivity index (χ4n) is 6.19. The Kier molecular flexibility index (Phi) is 6.24. The van der Waals surface area contributed by atoms with Crippen LogP contribution in [-0.4, -0.2) is 30.7 Å². The van der Waals surface area contributed by atoms with E-state index in [1.807, 2.05) is 12.4 Å². The summed E-state index contributed by atoms with van der Waals surface area (Å²) in [7, 11) is 0. The summed E-state index contributed by atoms with van der Waals surface area (Å²) in [5.74, 6) is -0.407. The monoisotopic (exact) mass is 503 g/mol. The molecule has 0 saturated heterocycles. The van der Waals surface area contributed by atoms with E-state index in [1.165, 1.54) is 17.7 Å². The highest BCUT2D eigenvalue weighted by Crippen LogP contribution is 2.40. The van der Waals surface area contributed by atoms with Crippen molar-refractivity contribution in [1.82, 2.24) is 19.6 Å². The summed E-state index contributed by atoms with van der Waals surface area (Å²) < 4.78 is 32.1. The number of imidazole rings is 1. The van der Waals surface area contributed by atoms with Crippen molar-refractivity contribution in [3.05, 3.63) is 83.1 Å². The summed E-state index contributed by atoms with van der Waals surface area (Å²) in [6.45, 7) is 0. The Hall–Kier alpha value is -3.23. The van der Waals surface area contributed by atoms with Gasteiger partial charge in [0.15, 0.2) is 0 Å². The number of nitrogens with two attached hydrogens (primary N) is 1. The first kappa shape index (κ1) is 24.1. The van der Waals surface area contributed by atoms with Crippen molar-refractivity contribution in [3.8, 4) is 11.3 Å². The van der Waals surface area contributed by atoms with Crippen LogP contribution in [0.3, 0.4) is 0 Å². The third-order valence-corrected chi connectivity index (χ3v) is 8.17. The second kappa shape index (κ2) is 9.58. The molecule has 0 unspecified atom stereocenters. The van der Waals surface area contributed by atoms with E-state index in [4.69, 9.17) is 5.73 Å². The molecule has 1 aromatic carbocycles. The zero-order valence-corrected chi connectivity index (χ0v) is 20.7. The van der Waals surface area contributed by atoms with E-state index in [-0.39, 0.29) is 17.3 Å². The molecule has 0 bridgehead atoms. The van der Waals surface area contributed by atoms with E-state index in [0.29, 0.717) is 36.6 Å². The van der Waals surface area contributed by atoms with Crippen LogP contribution < -0.4 is 5.73 Å². The maximum absolute atomic E-state index is 15.2. The van der Waals surface area contributed by atoms with E-state index in [0.717, 1.165) is 49.6 Å². The average molecular weight is 504 g/mol. The quantitative estimate of drug-likeness (QED) is 0.380. The minimum atomic E-state index is -1.17. The lowest BCUT2D eigenvalue weighted by Gasteiger charge is -2.28. The molecule has 3 heterocycles. The van der Waals surface area contributed by atoms with Crippen LogP contribution in [0.5, 0.6) is 0 Å². The van der Waals surface area contributed by atoms with E-state index in [1.54, 1.807) is 22.8 Å². The van der Waals surface area contributed by atoms with Crippen molar-refractivity contribution < 1.29 is 13.9 Å². The molecule has 2 atom stereocenters. The average Bonchev–Trinajstić information content (AvgIpc) is 3.51. The molecule has 0 aliphatic heterocycles. The van der Waals surface area contributed by atoms with Crippen LogP contribution in [0.1, 0.15) is 79.8 Å². The number of aromatic nitrogens is 4. The first-order valence-corrected chi connectivity index (χ1v) is 13.2. The van der Waals surface area contributed by atoms with Crippen LogP contribution >= 0.6 is 0 Å². The highest BCUT2D eigenvalue weighted by atomic mass is 19.1. The number of hydrogen-bond donors (Lipinski definition) is 2. The smallest absolute Gasteiger partial charge is 0.136 e. The maximum Gasteiger partial charge on any atom is 0.136 e. The van der Waals surface area contributed by atoms with Crippen LogP contribution in [0, 0.1) is 11.6 Å². The predicted molar refractivity (Wildman–Crippen MR) is 137 cm³/mol. The molecule has 0 spiro atoms. The molecule has 3 aromatic heterocycles. The third-order valence-electron chi connectivity index (χ3n) is 8.17. The Morgan fingerprint density at radius 3 is 2.57 bits per heavy atom. The summed E-state index contributed by atoms with van der Waals surface area (Å²) in [6, 6.07) is 8.15. The molecule has 3 N–H and O–H groups in total. The second-order valence-corrected chi connectivity index (χ2v) is 10.7. The highest BCUT2D eigenvalue weighted by Gasteiger charge is 2.34. The molecule has 2 fully saturated rings. The van der Waals surface area contributed by atoms with E-state index in [9.17, 15) is 5.11 Å². The van der Waals surface area contributed by atoms with Crippen LogP contribution in [0.25, 0.3) is 16.8 Å². The van der Waals surface area contributed by atoms with Crippen molar-refractivity contribution >= 4 is 5.52 Å². The number of benzene rings is 1. The van der Waals surface area contributed by atoms with E-state index >= 15 is 8.78 Å². The van der Waals surface area contributed by atoms with Crippen molar-refractivity contribution in [1.29, 1.82) is 0 Å². The van der Waals surface area contributed by atoms with Crippen LogP contribution in [0.15, 0.2) is 48.9 Å². The van der Waals surface area contributed by atoms with Crippen LogP contribution in [0.2, 0.25) is 0 Å². The van der Waals surface area contributed by atoms with Crippen LogP contribution in [-0.2, 0) is 12.0 Å².